The van der Waals surface area contributed by atoms with E-state index >= 15 is 0 Å². The zero-order chi connectivity index (χ0) is 18.8. The number of halogens is 1. The number of likely N-dealkylation sites (tertiary alicyclic amines) is 1. The molecule has 0 spiro atoms. The number of anilines is 1. The average Bonchev–Trinajstić information content (AvgIpc) is 3.12. The van der Waals surface area contributed by atoms with E-state index in [0.717, 1.165) is 0 Å². The molecule has 1 N–H and O–H groups in total. The number of thiazole rings is 1. The van der Waals surface area contributed by atoms with Crippen molar-refractivity contribution in [2.24, 2.45) is 5.92 Å². The lowest BCUT2D eigenvalue weighted by Gasteiger charge is -2.30. The van der Waals surface area contributed by atoms with Crippen molar-refractivity contribution in [3.05, 3.63) is 54.1 Å². The first-order valence-electron chi connectivity index (χ1n) is 8.68. The normalized spacial score (nSPS) is 15.1. The Balaban J connectivity index is 1.37. The summed E-state index contributed by atoms with van der Waals surface area (Å²) in [6.07, 6.45) is 2.74. The second kappa shape index (κ2) is 7.40. The maximum Gasteiger partial charge on any atom is 0.272 e. The van der Waals surface area contributed by atoms with E-state index in [4.69, 9.17) is 0 Å². The van der Waals surface area contributed by atoms with Gasteiger partial charge in [0.15, 0.2) is 5.13 Å². The number of benzene rings is 1. The number of hydrogen-bond acceptors (Lipinski definition) is 5. The van der Waals surface area contributed by atoms with Gasteiger partial charge in [0.25, 0.3) is 5.91 Å². The van der Waals surface area contributed by atoms with Gasteiger partial charge in [-0.15, -0.1) is 0 Å². The van der Waals surface area contributed by atoms with Crippen LogP contribution < -0.4 is 5.32 Å². The minimum atomic E-state index is -0.398. The van der Waals surface area contributed by atoms with Gasteiger partial charge in [0, 0.05) is 25.2 Å². The molecule has 3 heterocycles. The maximum absolute atomic E-state index is 13.7. The van der Waals surface area contributed by atoms with E-state index in [-0.39, 0.29) is 23.2 Å². The Hall–Kier alpha value is -2.87. The summed E-state index contributed by atoms with van der Waals surface area (Å²) in [6.45, 7) is 1.00. The zero-order valence-electron chi connectivity index (χ0n) is 14.4. The SMILES string of the molecule is O=C(Nc1nc2c(F)cccc2s1)C1CCN(C(=O)c2ccccn2)CC1. The topological polar surface area (TPSA) is 75.2 Å². The van der Waals surface area contributed by atoms with Crippen LogP contribution in [0.2, 0.25) is 0 Å². The Kier molecular flexibility index (Phi) is 4.81. The molecule has 1 aliphatic rings. The predicted molar refractivity (Wildman–Crippen MR) is 101 cm³/mol. The Labute approximate surface area is 159 Å². The molecule has 0 radical (unpaired) electrons. The van der Waals surface area contributed by atoms with Crippen LogP contribution in [-0.4, -0.2) is 39.8 Å². The number of hydrogen-bond donors (Lipinski definition) is 1. The molecule has 1 fully saturated rings. The standard InChI is InChI=1S/C19H17FN4O2S/c20-13-4-3-6-15-16(13)22-19(27-15)23-17(25)12-7-10-24(11-8-12)18(26)14-5-1-2-9-21-14/h1-6,9,12H,7-8,10-11H2,(H,22,23,25). The van der Waals surface area contributed by atoms with Crippen molar-refractivity contribution in [1.29, 1.82) is 0 Å². The van der Waals surface area contributed by atoms with Crippen molar-refractivity contribution < 1.29 is 14.0 Å². The molecule has 4 rings (SSSR count). The molecule has 138 valence electrons. The highest BCUT2D eigenvalue weighted by Crippen LogP contribution is 2.28. The monoisotopic (exact) mass is 384 g/mol. The van der Waals surface area contributed by atoms with E-state index in [9.17, 15) is 14.0 Å². The first-order chi connectivity index (χ1) is 13.1. The molecule has 1 saturated heterocycles. The van der Waals surface area contributed by atoms with Gasteiger partial charge in [0.1, 0.15) is 17.0 Å². The number of rotatable bonds is 3. The molecule has 0 unspecified atom stereocenters. The number of carbonyl (C=O) groups is 2. The Morgan fingerprint density at radius 3 is 2.67 bits per heavy atom. The minimum Gasteiger partial charge on any atom is -0.337 e. The maximum atomic E-state index is 13.7. The molecule has 2 amide bonds. The lowest BCUT2D eigenvalue weighted by molar-refractivity contribution is -0.121. The van der Waals surface area contributed by atoms with Crippen molar-refractivity contribution in [3.8, 4) is 0 Å². The van der Waals surface area contributed by atoms with Crippen LogP contribution >= 0.6 is 11.3 Å². The number of nitrogens with one attached hydrogen (secondary N) is 1. The number of fused-ring (bicyclic) bond motifs is 1. The van der Waals surface area contributed by atoms with E-state index in [1.165, 1.54) is 17.4 Å². The molecule has 27 heavy (non-hydrogen) atoms. The number of pyridine rings is 1. The highest BCUT2D eigenvalue weighted by atomic mass is 32.1. The number of piperidine rings is 1. The summed E-state index contributed by atoms with van der Waals surface area (Å²) in [5, 5.41) is 3.19. The van der Waals surface area contributed by atoms with Gasteiger partial charge in [-0.05, 0) is 37.1 Å². The molecule has 3 aromatic rings. The van der Waals surface area contributed by atoms with Gasteiger partial charge >= 0.3 is 0 Å². The molecule has 0 saturated carbocycles. The first kappa shape index (κ1) is 17.5. The van der Waals surface area contributed by atoms with Gasteiger partial charge in [-0.1, -0.05) is 23.5 Å². The fourth-order valence-electron chi connectivity index (χ4n) is 3.17. The molecule has 1 aromatic carbocycles. The minimum absolute atomic E-state index is 0.115. The largest absolute Gasteiger partial charge is 0.337 e. The Bertz CT molecular complexity index is 984. The summed E-state index contributed by atoms with van der Waals surface area (Å²) >= 11 is 1.25. The van der Waals surface area contributed by atoms with Gasteiger partial charge < -0.3 is 10.2 Å². The summed E-state index contributed by atoms with van der Waals surface area (Å²) in [5.74, 6) is -0.851. The van der Waals surface area contributed by atoms with Crippen LogP contribution in [0.5, 0.6) is 0 Å². The number of para-hydroxylation sites is 1. The van der Waals surface area contributed by atoms with E-state index in [1.807, 2.05) is 0 Å². The molecule has 0 atom stereocenters. The van der Waals surface area contributed by atoms with E-state index < -0.39 is 5.82 Å². The summed E-state index contributed by atoms with van der Waals surface area (Å²) in [4.78, 5) is 34.9. The fraction of sp³-hybridized carbons (Fsp3) is 0.263. The quantitative estimate of drug-likeness (QED) is 0.752. The van der Waals surface area contributed by atoms with E-state index in [2.05, 4.69) is 15.3 Å². The summed E-state index contributed by atoms with van der Waals surface area (Å²) in [7, 11) is 0. The smallest absolute Gasteiger partial charge is 0.272 e. The van der Waals surface area contributed by atoms with Crippen molar-refractivity contribution in [3.63, 3.8) is 0 Å². The van der Waals surface area contributed by atoms with Crippen molar-refractivity contribution in [2.75, 3.05) is 18.4 Å². The number of amides is 2. The second-order valence-electron chi connectivity index (χ2n) is 6.38. The van der Waals surface area contributed by atoms with Crippen LogP contribution in [0.4, 0.5) is 9.52 Å². The van der Waals surface area contributed by atoms with Gasteiger partial charge in [-0.25, -0.2) is 9.37 Å². The highest BCUT2D eigenvalue weighted by molar-refractivity contribution is 7.22. The summed E-state index contributed by atoms with van der Waals surface area (Å²) in [6, 6.07) is 9.97. The third-order valence-corrected chi connectivity index (χ3v) is 5.57. The van der Waals surface area contributed by atoms with Gasteiger partial charge in [-0.2, -0.15) is 0 Å². The van der Waals surface area contributed by atoms with E-state index in [0.29, 0.717) is 41.5 Å². The number of aromatic nitrogens is 2. The third kappa shape index (κ3) is 3.66. The van der Waals surface area contributed by atoms with Gasteiger partial charge in [0.05, 0.1) is 4.70 Å². The molecule has 6 nitrogen and oxygen atoms in total. The molecule has 8 heteroatoms. The fourth-order valence-corrected chi connectivity index (χ4v) is 4.06. The van der Waals surface area contributed by atoms with Crippen molar-refractivity contribution >= 4 is 38.5 Å². The lowest BCUT2D eigenvalue weighted by atomic mass is 9.96. The molecule has 1 aliphatic heterocycles. The average molecular weight is 384 g/mol. The molecule has 0 bridgehead atoms. The summed E-state index contributed by atoms with van der Waals surface area (Å²) in [5.41, 5.74) is 0.686. The van der Waals surface area contributed by atoms with Crippen LogP contribution in [0.3, 0.4) is 0 Å². The molecule has 2 aromatic heterocycles. The highest BCUT2D eigenvalue weighted by Gasteiger charge is 2.28. The predicted octanol–water partition coefficient (Wildman–Crippen LogP) is 3.32. The third-order valence-electron chi connectivity index (χ3n) is 4.64. The molecule has 0 aliphatic carbocycles. The van der Waals surface area contributed by atoms with Crippen LogP contribution in [0, 0.1) is 11.7 Å². The van der Waals surface area contributed by atoms with Crippen molar-refractivity contribution in [1.82, 2.24) is 14.9 Å². The second-order valence-corrected chi connectivity index (χ2v) is 7.41. The molecular weight excluding hydrogens is 367 g/mol. The van der Waals surface area contributed by atoms with Crippen LogP contribution in [0.25, 0.3) is 10.2 Å². The Morgan fingerprint density at radius 1 is 1.15 bits per heavy atom. The van der Waals surface area contributed by atoms with E-state index in [1.54, 1.807) is 41.4 Å². The number of nitrogens with zero attached hydrogens (tertiary/aromatic N) is 3. The summed E-state index contributed by atoms with van der Waals surface area (Å²) < 4.78 is 14.4. The Morgan fingerprint density at radius 2 is 1.96 bits per heavy atom. The lowest BCUT2D eigenvalue weighted by Crippen LogP contribution is -2.41. The van der Waals surface area contributed by atoms with Crippen molar-refractivity contribution in [2.45, 2.75) is 12.8 Å². The van der Waals surface area contributed by atoms with Gasteiger partial charge in [0.2, 0.25) is 5.91 Å². The van der Waals surface area contributed by atoms with Crippen LogP contribution in [0.15, 0.2) is 42.6 Å². The number of carbonyl (C=O) groups excluding carboxylic acids is 2. The van der Waals surface area contributed by atoms with Gasteiger partial charge in [-0.3, -0.25) is 14.6 Å². The zero-order valence-corrected chi connectivity index (χ0v) is 15.2. The first-order valence-corrected chi connectivity index (χ1v) is 9.49. The molecular formula is C19H17FN4O2S. The van der Waals surface area contributed by atoms with Crippen LogP contribution in [-0.2, 0) is 4.79 Å². The van der Waals surface area contributed by atoms with Crippen LogP contribution in [0.1, 0.15) is 23.3 Å².